The van der Waals surface area contributed by atoms with E-state index in [1.54, 1.807) is 23.7 Å². The molecule has 1 aliphatic heterocycles. The van der Waals surface area contributed by atoms with Crippen LogP contribution in [0.5, 0.6) is 0 Å². The van der Waals surface area contributed by atoms with Crippen LogP contribution in [0.15, 0.2) is 48.8 Å². The zero-order valence-electron chi connectivity index (χ0n) is 20.5. The van der Waals surface area contributed by atoms with Crippen LogP contribution < -0.4 is 10.6 Å². The van der Waals surface area contributed by atoms with Gasteiger partial charge in [0.15, 0.2) is 5.13 Å². The minimum Gasteiger partial charge on any atom is -0.393 e. The van der Waals surface area contributed by atoms with Gasteiger partial charge in [0.05, 0.1) is 21.9 Å². The van der Waals surface area contributed by atoms with Crippen molar-refractivity contribution in [2.45, 2.75) is 50.8 Å². The molecule has 188 valence electrons. The average Bonchev–Trinajstić information content (AvgIpc) is 3.29. The van der Waals surface area contributed by atoms with Gasteiger partial charge in [-0.2, -0.15) is 5.26 Å². The van der Waals surface area contributed by atoms with Crippen molar-refractivity contribution in [3.8, 4) is 17.2 Å². The van der Waals surface area contributed by atoms with E-state index in [1.807, 2.05) is 18.2 Å². The third-order valence-corrected chi connectivity index (χ3v) is 8.05. The van der Waals surface area contributed by atoms with Gasteiger partial charge in [-0.3, -0.25) is 9.88 Å². The van der Waals surface area contributed by atoms with Gasteiger partial charge in [0, 0.05) is 30.5 Å². The van der Waals surface area contributed by atoms with Gasteiger partial charge < -0.3 is 15.7 Å². The van der Waals surface area contributed by atoms with Crippen molar-refractivity contribution >= 4 is 38.3 Å². The number of thiazole rings is 1. The van der Waals surface area contributed by atoms with E-state index in [1.165, 1.54) is 12.0 Å². The summed E-state index contributed by atoms with van der Waals surface area (Å²) in [6, 6.07) is 14.7. The number of aromatic nitrogens is 3. The summed E-state index contributed by atoms with van der Waals surface area (Å²) >= 11 is 1.58. The Morgan fingerprint density at radius 3 is 2.62 bits per heavy atom. The van der Waals surface area contributed by atoms with E-state index in [2.05, 4.69) is 44.8 Å². The molecular formula is C28H29N7OS. The van der Waals surface area contributed by atoms with Crippen LogP contribution in [0, 0.1) is 11.3 Å². The number of hydrogen-bond acceptors (Lipinski definition) is 9. The fourth-order valence-electron chi connectivity index (χ4n) is 4.97. The minimum atomic E-state index is -0.174. The molecule has 0 atom stereocenters. The molecule has 0 unspecified atom stereocenters. The molecule has 1 aromatic carbocycles. The first-order chi connectivity index (χ1) is 18.1. The van der Waals surface area contributed by atoms with Crippen molar-refractivity contribution in [2.75, 3.05) is 23.7 Å². The van der Waals surface area contributed by atoms with E-state index in [0.717, 1.165) is 83.4 Å². The first kappa shape index (κ1) is 23.8. The summed E-state index contributed by atoms with van der Waals surface area (Å²) in [7, 11) is 0. The Kier molecular flexibility index (Phi) is 6.70. The third kappa shape index (κ3) is 5.57. The number of aliphatic hydroxyl groups excluding tert-OH is 1. The first-order valence-corrected chi connectivity index (χ1v) is 13.6. The highest BCUT2D eigenvalue weighted by Crippen LogP contribution is 2.33. The lowest BCUT2D eigenvalue weighted by Crippen LogP contribution is -2.36. The second-order valence-electron chi connectivity index (χ2n) is 9.93. The lowest BCUT2D eigenvalue weighted by atomic mass is 9.93. The quantitative estimate of drug-likeness (QED) is 0.307. The Morgan fingerprint density at radius 2 is 1.84 bits per heavy atom. The maximum atomic E-state index is 9.86. The number of aliphatic hydroxyl groups is 1. The first-order valence-electron chi connectivity index (χ1n) is 12.8. The highest BCUT2D eigenvalue weighted by Gasteiger charge is 2.21. The molecule has 2 aliphatic rings. The van der Waals surface area contributed by atoms with Crippen LogP contribution in [0.4, 0.5) is 16.8 Å². The molecule has 8 nitrogen and oxygen atoms in total. The number of fused-ring (bicyclic) bond motifs is 1. The molecule has 4 heterocycles. The Bertz CT molecular complexity index is 1450. The van der Waals surface area contributed by atoms with Crippen molar-refractivity contribution in [3.05, 3.63) is 59.9 Å². The highest BCUT2D eigenvalue weighted by molar-refractivity contribution is 7.22. The maximum absolute atomic E-state index is 9.86. The zero-order valence-corrected chi connectivity index (χ0v) is 21.3. The van der Waals surface area contributed by atoms with Crippen molar-refractivity contribution in [3.63, 3.8) is 0 Å². The van der Waals surface area contributed by atoms with Gasteiger partial charge in [0.25, 0.3) is 0 Å². The number of nitriles is 1. The molecule has 1 saturated heterocycles. The molecule has 6 rings (SSSR count). The minimum absolute atomic E-state index is 0.174. The lowest BCUT2D eigenvalue weighted by Gasteiger charge is -2.31. The number of nitrogens with zero attached hydrogens (tertiary/aromatic N) is 5. The molecule has 3 aromatic heterocycles. The molecule has 2 fully saturated rings. The van der Waals surface area contributed by atoms with E-state index in [4.69, 9.17) is 9.97 Å². The van der Waals surface area contributed by atoms with Gasteiger partial charge in [-0.1, -0.05) is 17.4 Å². The van der Waals surface area contributed by atoms with Crippen LogP contribution in [-0.2, 0) is 6.54 Å². The standard InChI is InChI=1S/C28H29N7OS/c29-14-19-10-21(16-30-15-19)20-2-7-24-25(13-20)37-28(32-24)34-27-12-18(17-35-8-1-9-35)11-26(33-27)31-22-3-5-23(36)6-4-22/h2,7,10-13,15-16,22-23,36H,1,3-6,8-9,17H2,(H2,31,32,33,34). The van der Waals surface area contributed by atoms with Crippen molar-refractivity contribution < 1.29 is 5.11 Å². The van der Waals surface area contributed by atoms with Gasteiger partial charge in [-0.05, 0) is 86.7 Å². The van der Waals surface area contributed by atoms with Crippen LogP contribution in [0.3, 0.4) is 0 Å². The molecule has 3 N–H and O–H groups in total. The van der Waals surface area contributed by atoms with Crippen LogP contribution in [0.2, 0.25) is 0 Å². The van der Waals surface area contributed by atoms with E-state index in [0.29, 0.717) is 11.6 Å². The van der Waals surface area contributed by atoms with E-state index < -0.39 is 0 Å². The number of benzene rings is 1. The van der Waals surface area contributed by atoms with Crippen LogP contribution in [0.1, 0.15) is 43.2 Å². The smallest absolute Gasteiger partial charge is 0.189 e. The van der Waals surface area contributed by atoms with Gasteiger partial charge in [0.1, 0.15) is 17.7 Å². The Hall–Kier alpha value is -3.58. The number of pyridine rings is 2. The summed E-state index contributed by atoms with van der Waals surface area (Å²) < 4.78 is 1.05. The molecular weight excluding hydrogens is 482 g/mol. The molecule has 0 spiro atoms. The van der Waals surface area contributed by atoms with Gasteiger partial charge in [-0.25, -0.2) is 9.97 Å². The summed E-state index contributed by atoms with van der Waals surface area (Å²) in [5.41, 5.74) is 4.60. The number of nitrogens with one attached hydrogen (secondary N) is 2. The number of anilines is 3. The second kappa shape index (κ2) is 10.4. The molecule has 9 heteroatoms. The van der Waals surface area contributed by atoms with Gasteiger partial charge >= 0.3 is 0 Å². The van der Waals surface area contributed by atoms with Crippen molar-refractivity contribution in [2.24, 2.45) is 0 Å². The number of hydrogen-bond donors (Lipinski definition) is 3. The van der Waals surface area contributed by atoms with E-state index in [9.17, 15) is 10.4 Å². The van der Waals surface area contributed by atoms with Crippen LogP contribution >= 0.6 is 11.3 Å². The van der Waals surface area contributed by atoms with E-state index >= 15 is 0 Å². The molecule has 37 heavy (non-hydrogen) atoms. The normalized spacial score (nSPS) is 19.8. The predicted octanol–water partition coefficient (Wildman–Crippen LogP) is 5.29. The number of rotatable bonds is 7. The second-order valence-corrected chi connectivity index (χ2v) is 11.0. The predicted molar refractivity (Wildman–Crippen MR) is 147 cm³/mol. The summed E-state index contributed by atoms with van der Waals surface area (Å²) in [6.45, 7) is 3.19. The van der Waals surface area contributed by atoms with Crippen molar-refractivity contribution in [1.82, 2.24) is 19.9 Å². The van der Waals surface area contributed by atoms with Gasteiger partial charge in [0.2, 0.25) is 0 Å². The summed E-state index contributed by atoms with van der Waals surface area (Å²) in [5, 5.41) is 26.9. The molecule has 1 saturated carbocycles. The van der Waals surface area contributed by atoms with Crippen molar-refractivity contribution in [1.29, 1.82) is 5.26 Å². The SMILES string of the molecule is N#Cc1cncc(-c2ccc3nc(Nc4cc(CN5CCC5)cc(NC5CCC(O)CC5)n4)sc3c2)c1. The van der Waals surface area contributed by atoms with E-state index in [-0.39, 0.29) is 6.10 Å². The average molecular weight is 512 g/mol. The van der Waals surface area contributed by atoms with Gasteiger partial charge in [-0.15, -0.1) is 0 Å². The van der Waals surface area contributed by atoms with Crippen LogP contribution in [-0.4, -0.2) is 50.2 Å². The summed E-state index contributed by atoms with van der Waals surface area (Å²) in [4.78, 5) is 16.3. The molecule has 0 radical (unpaired) electrons. The lowest BCUT2D eigenvalue weighted by molar-refractivity contribution is 0.126. The summed E-state index contributed by atoms with van der Waals surface area (Å²) in [5.74, 6) is 1.65. The highest BCUT2D eigenvalue weighted by atomic mass is 32.1. The Balaban J connectivity index is 1.24. The van der Waals surface area contributed by atoms with Crippen LogP contribution in [0.25, 0.3) is 21.3 Å². The fraction of sp³-hybridized carbons (Fsp3) is 0.357. The molecule has 4 aromatic rings. The molecule has 1 aliphatic carbocycles. The third-order valence-electron chi connectivity index (χ3n) is 7.11. The zero-order chi connectivity index (χ0) is 25.2. The number of likely N-dealkylation sites (tertiary alicyclic amines) is 1. The molecule has 0 bridgehead atoms. The largest absolute Gasteiger partial charge is 0.393 e. The fourth-order valence-corrected chi connectivity index (χ4v) is 5.88. The maximum Gasteiger partial charge on any atom is 0.189 e. The monoisotopic (exact) mass is 511 g/mol. The topological polar surface area (TPSA) is 110 Å². The Morgan fingerprint density at radius 1 is 1.00 bits per heavy atom. The molecule has 0 amide bonds. The Labute approximate surface area is 220 Å². The summed E-state index contributed by atoms with van der Waals surface area (Å²) in [6.07, 6.45) is 8.01.